The van der Waals surface area contributed by atoms with Gasteiger partial charge in [0.2, 0.25) is 0 Å². The average Bonchev–Trinajstić information content (AvgIpc) is 3.66. The van der Waals surface area contributed by atoms with Crippen molar-refractivity contribution >= 4 is 52.1 Å². The first-order valence-electron chi connectivity index (χ1n) is 14.4. The van der Waals surface area contributed by atoms with E-state index in [9.17, 15) is 9.32 Å². The van der Waals surface area contributed by atoms with E-state index < -0.39 is 42.2 Å². The van der Waals surface area contributed by atoms with Crippen molar-refractivity contribution in [2.45, 2.75) is 61.7 Å². The molecule has 0 saturated carbocycles. The third kappa shape index (κ3) is 6.64. The van der Waals surface area contributed by atoms with Crippen LogP contribution < -0.4 is 9.46 Å². The highest BCUT2D eigenvalue weighted by Crippen LogP contribution is 2.34. The normalized spacial score (nSPS) is 23.0. The topological polar surface area (TPSA) is 130 Å². The number of nitrogens with one attached hydrogen (secondary N) is 1. The maximum Gasteiger partial charge on any atom is 0.301 e. The van der Waals surface area contributed by atoms with E-state index >= 15 is 0 Å². The number of rotatable bonds is 11. The molecule has 2 saturated heterocycles. The number of aliphatic hydroxyl groups is 1. The summed E-state index contributed by atoms with van der Waals surface area (Å²) in [6.07, 6.45) is 1.22. The number of imidazole rings is 1. The van der Waals surface area contributed by atoms with Gasteiger partial charge in [-0.2, -0.15) is 4.98 Å². The van der Waals surface area contributed by atoms with Crippen LogP contribution in [0.4, 0.5) is 5.69 Å². The molecule has 2 N–H and O–H groups in total. The summed E-state index contributed by atoms with van der Waals surface area (Å²) < 4.78 is 41.9. The number of hydrogen-bond acceptors (Lipinski definition) is 9. The van der Waals surface area contributed by atoms with Crippen LogP contribution in [0.25, 0.3) is 22.4 Å². The molecular weight excluding hydrogens is 622 g/mol. The fourth-order valence-electron chi connectivity index (χ4n) is 5.13. The second-order valence-corrected chi connectivity index (χ2v) is 20.2. The first kappa shape index (κ1) is 31.0. The van der Waals surface area contributed by atoms with E-state index in [1.54, 1.807) is 47.3 Å². The lowest BCUT2D eigenvalue weighted by Gasteiger charge is -2.19. The van der Waals surface area contributed by atoms with Crippen molar-refractivity contribution in [3.63, 3.8) is 0 Å². The van der Waals surface area contributed by atoms with Crippen molar-refractivity contribution in [2.24, 2.45) is 0 Å². The molecule has 0 spiro atoms. The van der Waals surface area contributed by atoms with E-state index in [4.69, 9.17) is 40.5 Å². The summed E-state index contributed by atoms with van der Waals surface area (Å²) in [5.41, 5.74) is 3.05. The molecule has 2 aliphatic rings. The van der Waals surface area contributed by atoms with Crippen molar-refractivity contribution < 1.29 is 28.3 Å². The van der Waals surface area contributed by atoms with Crippen molar-refractivity contribution in [1.29, 1.82) is 0 Å². The molecule has 4 aromatic rings. The largest absolute Gasteiger partial charge is 0.456 e. The molecule has 1 unspecified atom stereocenters. The first-order valence-corrected chi connectivity index (χ1v) is 20.2. The van der Waals surface area contributed by atoms with Gasteiger partial charge in [0, 0.05) is 38.3 Å². The lowest BCUT2D eigenvalue weighted by Crippen LogP contribution is -2.35. The second kappa shape index (κ2) is 12.4. The fraction of sp³-hybridized carbons (Fsp3) is 0.400. The van der Waals surface area contributed by atoms with E-state index in [-0.39, 0.29) is 19.9 Å². The minimum absolute atomic E-state index is 0.186. The number of halogens is 1. The zero-order valence-corrected chi connectivity index (χ0v) is 27.4. The van der Waals surface area contributed by atoms with E-state index in [2.05, 4.69) is 35.2 Å². The quantitative estimate of drug-likeness (QED) is 0.136. The van der Waals surface area contributed by atoms with Gasteiger partial charge in [0.1, 0.15) is 30.6 Å². The first-order chi connectivity index (χ1) is 21.0. The highest BCUT2D eigenvalue weighted by Gasteiger charge is 2.49. The molecule has 0 bridgehead atoms. The van der Waals surface area contributed by atoms with Gasteiger partial charge in [-0.25, -0.2) is 9.19 Å². The van der Waals surface area contributed by atoms with E-state index in [1.165, 1.54) is 0 Å². The molecule has 3 aromatic heterocycles. The van der Waals surface area contributed by atoms with Gasteiger partial charge in [-0.05, 0) is 42.2 Å². The number of aromatic nitrogens is 4. The minimum atomic E-state index is -2.77. The maximum atomic E-state index is 13.2. The summed E-state index contributed by atoms with van der Waals surface area (Å²) in [6.45, 7) is 8.17. The molecule has 44 heavy (non-hydrogen) atoms. The molecule has 0 aliphatic carbocycles. The maximum absolute atomic E-state index is 13.2. The summed E-state index contributed by atoms with van der Waals surface area (Å²) in [5, 5.41) is 10.6. The van der Waals surface area contributed by atoms with Crippen LogP contribution in [0.5, 0.6) is 6.01 Å². The van der Waals surface area contributed by atoms with Gasteiger partial charge in [0.15, 0.2) is 11.8 Å². The van der Waals surface area contributed by atoms with Crippen LogP contribution in [0, 0.1) is 0 Å². The summed E-state index contributed by atoms with van der Waals surface area (Å²) in [7, 11) is -4.07. The van der Waals surface area contributed by atoms with E-state index in [1.807, 2.05) is 12.1 Å². The summed E-state index contributed by atoms with van der Waals surface area (Å²) >= 11 is 6.74. The number of anilines is 1. The molecule has 2 aliphatic heterocycles. The Morgan fingerprint density at radius 1 is 1.11 bits per heavy atom. The summed E-state index contributed by atoms with van der Waals surface area (Å²) in [6, 6.07) is 13.7. The Labute approximate surface area is 262 Å². The molecule has 11 nitrogen and oxygen atoms in total. The Bertz CT molecular complexity index is 1730. The van der Waals surface area contributed by atoms with Gasteiger partial charge in [-0.15, -0.1) is 0 Å². The Morgan fingerprint density at radius 2 is 1.84 bits per heavy atom. The average molecular weight is 658 g/mol. The number of ether oxygens (including phenoxy) is 4. The summed E-state index contributed by atoms with van der Waals surface area (Å²) in [4.78, 5) is 14.2. The fourth-order valence-corrected chi connectivity index (χ4v) is 7.34. The Hall–Kier alpha value is -3.04. The van der Waals surface area contributed by atoms with Gasteiger partial charge in [0.05, 0.1) is 38.5 Å². The molecule has 5 heterocycles. The lowest BCUT2D eigenvalue weighted by molar-refractivity contribution is 0.00336. The molecule has 6 rings (SSSR count). The van der Waals surface area contributed by atoms with Crippen LogP contribution in [0.1, 0.15) is 0 Å². The Balaban J connectivity index is 1.28. The third-order valence-corrected chi connectivity index (χ3v) is 11.2. The molecule has 1 aromatic carbocycles. The Kier molecular flexibility index (Phi) is 8.72. The third-order valence-electron chi connectivity index (χ3n) is 7.57. The highest BCUT2D eigenvalue weighted by molar-refractivity contribution is 8.01. The second-order valence-electron chi connectivity index (χ2n) is 12.2. The van der Waals surface area contributed by atoms with Crippen LogP contribution in [0.3, 0.4) is 0 Å². The van der Waals surface area contributed by atoms with Crippen molar-refractivity contribution in [1.82, 2.24) is 19.5 Å². The zero-order valence-electron chi connectivity index (χ0n) is 24.8. The van der Waals surface area contributed by atoms with Crippen LogP contribution >= 0.6 is 11.6 Å². The van der Waals surface area contributed by atoms with Crippen LogP contribution in [0.2, 0.25) is 30.7 Å². The smallest absolute Gasteiger partial charge is 0.301 e. The van der Waals surface area contributed by atoms with Crippen molar-refractivity contribution in [3.8, 4) is 17.3 Å². The van der Waals surface area contributed by atoms with E-state index in [0.717, 1.165) is 11.6 Å². The summed E-state index contributed by atoms with van der Waals surface area (Å²) in [5.74, 6) is 3.87. The molecule has 14 heteroatoms. The minimum Gasteiger partial charge on any atom is -0.456 e. The van der Waals surface area contributed by atoms with Gasteiger partial charge in [0.25, 0.3) is 0 Å². The predicted octanol–water partition coefficient (Wildman–Crippen LogP) is 4.47. The SMILES string of the molecule is C=S(=O)(Nc1ccc(-c2nc3c(cc2Cl)nc(O[C@@H]2CO[C@H]4[C@@H]2OC[C@H]4O)n3COCC[Si](C)(C)C)cc1)c1ccncc1. The van der Waals surface area contributed by atoms with Gasteiger partial charge < -0.3 is 28.8 Å². The number of fused-ring (bicyclic) bond motifs is 2. The van der Waals surface area contributed by atoms with Crippen LogP contribution in [0.15, 0.2) is 59.8 Å². The van der Waals surface area contributed by atoms with Gasteiger partial charge in [-0.3, -0.25) is 9.55 Å². The number of pyridine rings is 2. The number of benzene rings is 1. The predicted molar refractivity (Wildman–Crippen MR) is 173 cm³/mol. The van der Waals surface area contributed by atoms with Crippen molar-refractivity contribution in [2.75, 3.05) is 24.5 Å². The van der Waals surface area contributed by atoms with Gasteiger partial charge in [-0.1, -0.05) is 43.4 Å². The van der Waals surface area contributed by atoms with Gasteiger partial charge >= 0.3 is 6.01 Å². The van der Waals surface area contributed by atoms with Crippen LogP contribution in [-0.2, 0) is 30.6 Å². The molecular formula is C30H36ClN5O6SSi. The number of nitrogens with zero attached hydrogens (tertiary/aromatic N) is 4. The molecule has 0 radical (unpaired) electrons. The molecule has 2 fully saturated rings. The van der Waals surface area contributed by atoms with Crippen LogP contribution in [-0.4, -0.2) is 87.0 Å². The monoisotopic (exact) mass is 657 g/mol. The van der Waals surface area contributed by atoms with Crippen molar-refractivity contribution in [3.05, 3.63) is 59.9 Å². The Morgan fingerprint density at radius 3 is 2.57 bits per heavy atom. The molecule has 5 atom stereocenters. The standard InChI is InChI=1S/C30H36ClN5O6SSi/c1-43(38,21-9-11-32-12-10-21)35-20-7-5-19(6-8-20)26-22(31)15-23-29(34-26)36(18-39-13-14-44(2,3)4)30(33-23)42-25-17-41-27-24(37)16-40-28(25)27/h5-12,15,24-25,27-28,37H,1,13-14,16-18H2,2-4H3,(H,35,38)/t24-,25-,27-,28-,43?/m1/s1. The lowest BCUT2D eigenvalue weighted by atomic mass is 10.1. The highest BCUT2D eigenvalue weighted by atomic mass is 35.5. The zero-order chi connectivity index (χ0) is 31.1. The molecule has 234 valence electrons. The number of aliphatic hydroxyl groups excluding tert-OH is 1. The molecule has 0 amide bonds. The van der Waals surface area contributed by atoms with E-state index in [0.29, 0.717) is 45.1 Å². The number of hydrogen-bond donors (Lipinski definition) is 2.